The number of nitrogens with zero attached hydrogens (tertiary/aromatic N) is 4. The summed E-state index contributed by atoms with van der Waals surface area (Å²) in [6, 6.07) is 19.7. The van der Waals surface area contributed by atoms with Crippen molar-refractivity contribution in [3.8, 4) is 17.1 Å². The molecule has 0 radical (unpaired) electrons. The van der Waals surface area contributed by atoms with Crippen LogP contribution in [0.15, 0.2) is 60.7 Å². The largest absolute Gasteiger partial charge is 0.331 e. The fraction of sp³-hybridized carbons (Fsp3) is 0.250. The van der Waals surface area contributed by atoms with Crippen LogP contribution in [0.1, 0.15) is 17.5 Å². The Morgan fingerprint density at radius 1 is 1.08 bits per heavy atom. The highest BCUT2D eigenvalue weighted by Gasteiger charge is 2.28. The van der Waals surface area contributed by atoms with E-state index in [0.29, 0.717) is 12.4 Å². The summed E-state index contributed by atoms with van der Waals surface area (Å²) >= 11 is 0. The van der Waals surface area contributed by atoms with Gasteiger partial charge in [-0.25, -0.2) is 9.67 Å². The van der Waals surface area contributed by atoms with Crippen molar-refractivity contribution in [3.05, 3.63) is 66.5 Å². The second-order valence-corrected chi connectivity index (χ2v) is 6.42. The van der Waals surface area contributed by atoms with Gasteiger partial charge in [-0.1, -0.05) is 48.5 Å². The number of benzene rings is 2. The van der Waals surface area contributed by atoms with Gasteiger partial charge in [0.05, 0.1) is 5.69 Å². The van der Waals surface area contributed by atoms with Gasteiger partial charge in [-0.3, -0.25) is 4.79 Å². The zero-order valence-electron chi connectivity index (χ0n) is 14.7. The molecule has 2 heterocycles. The summed E-state index contributed by atoms with van der Waals surface area (Å²) in [5.74, 6) is 0.787. The van der Waals surface area contributed by atoms with Gasteiger partial charge in [0.1, 0.15) is 0 Å². The third kappa shape index (κ3) is 3.11. The van der Waals surface area contributed by atoms with Crippen molar-refractivity contribution in [2.45, 2.75) is 13.0 Å². The average Bonchev–Trinajstić information content (AvgIpc) is 3.15. The van der Waals surface area contributed by atoms with Crippen LogP contribution in [-0.4, -0.2) is 51.2 Å². The molecule has 0 unspecified atom stereocenters. The van der Waals surface area contributed by atoms with Gasteiger partial charge < -0.3 is 10.2 Å². The minimum atomic E-state index is -0.120. The number of para-hydroxylation sites is 1. The zero-order valence-corrected chi connectivity index (χ0v) is 14.7. The summed E-state index contributed by atoms with van der Waals surface area (Å²) in [5, 5.41) is 7.86. The van der Waals surface area contributed by atoms with Crippen LogP contribution < -0.4 is 5.32 Å². The topological polar surface area (TPSA) is 63.1 Å². The summed E-state index contributed by atoms with van der Waals surface area (Å²) in [5.41, 5.74) is 1.81. The first-order chi connectivity index (χ1) is 12.7. The van der Waals surface area contributed by atoms with Crippen LogP contribution in [0.4, 0.5) is 0 Å². The number of hydrogen-bond acceptors (Lipinski definition) is 4. The number of rotatable bonds is 3. The average molecular weight is 347 g/mol. The molecule has 2 aromatic carbocycles. The highest BCUT2D eigenvalue weighted by atomic mass is 16.2. The first kappa shape index (κ1) is 16.5. The monoisotopic (exact) mass is 347 g/mol. The van der Waals surface area contributed by atoms with Crippen molar-refractivity contribution < 1.29 is 4.79 Å². The Kier molecular flexibility index (Phi) is 4.50. The van der Waals surface area contributed by atoms with Gasteiger partial charge >= 0.3 is 0 Å². The van der Waals surface area contributed by atoms with E-state index < -0.39 is 0 Å². The molecule has 0 saturated carbocycles. The van der Waals surface area contributed by atoms with Crippen molar-refractivity contribution in [2.24, 2.45) is 0 Å². The van der Waals surface area contributed by atoms with E-state index in [-0.39, 0.29) is 17.8 Å². The van der Waals surface area contributed by atoms with E-state index in [1.54, 1.807) is 4.68 Å². The van der Waals surface area contributed by atoms with Crippen molar-refractivity contribution in [1.82, 2.24) is 25.0 Å². The molecule has 1 amide bonds. The lowest BCUT2D eigenvalue weighted by atomic mass is 10.2. The van der Waals surface area contributed by atoms with Gasteiger partial charge in [0.25, 0.3) is 5.91 Å². The summed E-state index contributed by atoms with van der Waals surface area (Å²) in [7, 11) is 0. The molecular weight excluding hydrogens is 326 g/mol. The van der Waals surface area contributed by atoms with Gasteiger partial charge in [-0.05, 0) is 19.1 Å². The van der Waals surface area contributed by atoms with E-state index in [0.717, 1.165) is 24.3 Å². The molecule has 1 saturated heterocycles. The van der Waals surface area contributed by atoms with Crippen LogP contribution in [0.5, 0.6) is 0 Å². The van der Waals surface area contributed by atoms with E-state index in [9.17, 15) is 4.79 Å². The molecule has 1 aliphatic rings. The quantitative estimate of drug-likeness (QED) is 0.790. The lowest BCUT2D eigenvalue weighted by Gasteiger charge is -2.33. The minimum absolute atomic E-state index is 0.120. The predicted octanol–water partition coefficient (Wildman–Crippen LogP) is 2.37. The normalized spacial score (nSPS) is 17.3. The maximum Gasteiger partial charge on any atom is 0.293 e. The van der Waals surface area contributed by atoms with Crippen molar-refractivity contribution >= 4 is 5.91 Å². The summed E-state index contributed by atoms with van der Waals surface area (Å²) in [6.45, 7) is 4.29. The van der Waals surface area contributed by atoms with Gasteiger partial charge in [0.2, 0.25) is 5.82 Å². The number of piperazine rings is 1. The second kappa shape index (κ2) is 7.09. The van der Waals surface area contributed by atoms with Crippen molar-refractivity contribution in [1.29, 1.82) is 0 Å². The zero-order chi connectivity index (χ0) is 17.9. The van der Waals surface area contributed by atoms with E-state index in [4.69, 9.17) is 0 Å². The van der Waals surface area contributed by atoms with Crippen LogP contribution in [0.3, 0.4) is 0 Å². The molecule has 6 heteroatoms. The van der Waals surface area contributed by atoms with Crippen molar-refractivity contribution in [2.75, 3.05) is 19.6 Å². The van der Waals surface area contributed by atoms with E-state index in [1.165, 1.54) is 0 Å². The van der Waals surface area contributed by atoms with Crippen LogP contribution in [0, 0.1) is 0 Å². The number of nitrogens with one attached hydrogen (secondary N) is 1. The van der Waals surface area contributed by atoms with Crippen LogP contribution in [0.2, 0.25) is 0 Å². The van der Waals surface area contributed by atoms with Gasteiger partial charge in [-0.15, -0.1) is 5.10 Å². The highest BCUT2D eigenvalue weighted by molar-refractivity contribution is 5.91. The lowest BCUT2D eigenvalue weighted by molar-refractivity contribution is 0.0643. The Hall–Kier alpha value is -2.99. The molecule has 26 heavy (non-hydrogen) atoms. The molecule has 1 N–H and O–H groups in total. The third-order valence-corrected chi connectivity index (χ3v) is 4.59. The SMILES string of the molecule is C[C@@H]1CNCCN1C(=O)c1nc(-c2ccccc2)n(-c2ccccc2)n1. The Morgan fingerprint density at radius 2 is 1.77 bits per heavy atom. The van der Waals surface area contributed by atoms with E-state index in [1.807, 2.05) is 72.5 Å². The number of carbonyl (C=O) groups is 1. The standard InChI is InChI=1S/C20H21N5O/c1-15-14-21-12-13-24(15)20(26)18-22-19(16-8-4-2-5-9-16)25(23-18)17-10-6-3-7-11-17/h2-11,15,21H,12-14H2,1H3/t15-/m1/s1. The maximum atomic E-state index is 13.0. The second-order valence-electron chi connectivity index (χ2n) is 6.42. The molecule has 4 rings (SSSR count). The van der Waals surface area contributed by atoms with Gasteiger partial charge in [0.15, 0.2) is 5.82 Å². The molecule has 1 aliphatic heterocycles. The molecular formula is C20H21N5O. The van der Waals surface area contributed by atoms with Gasteiger partial charge in [0, 0.05) is 31.2 Å². The Balaban J connectivity index is 1.77. The summed E-state index contributed by atoms with van der Waals surface area (Å²) in [4.78, 5) is 19.4. The van der Waals surface area contributed by atoms with E-state index >= 15 is 0 Å². The van der Waals surface area contributed by atoms with Crippen LogP contribution >= 0.6 is 0 Å². The molecule has 1 atom stereocenters. The third-order valence-electron chi connectivity index (χ3n) is 4.59. The number of hydrogen-bond donors (Lipinski definition) is 1. The fourth-order valence-corrected chi connectivity index (χ4v) is 3.20. The molecule has 1 aromatic heterocycles. The summed E-state index contributed by atoms with van der Waals surface area (Å²) in [6.07, 6.45) is 0. The molecule has 0 spiro atoms. The van der Waals surface area contributed by atoms with Crippen LogP contribution in [-0.2, 0) is 0 Å². The fourth-order valence-electron chi connectivity index (χ4n) is 3.20. The van der Waals surface area contributed by atoms with Gasteiger partial charge in [-0.2, -0.15) is 0 Å². The Bertz CT molecular complexity index is 834. The predicted molar refractivity (Wildman–Crippen MR) is 100 cm³/mol. The lowest BCUT2D eigenvalue weighted by Crippen LogP contribution is -2.52. The first-order valence-corrected chi connectivity index (χ1v) is 8.83. The number of carbonyl (C=O) groups excluding carboxylic acids is 1. The maximum absolute atomic E-state index is 13.0. The van der Waals surface area contributed by atoms with Crippen LogP contribution in [0.25, 0.3) is 17.1 Å². The highest BCUT2D eigenvalue weighted by Crippen LogP contribution is 2.22. The van der Waals surface area contributed by atoms with E-state index in [2.05, 4.69) is 15.4 Å². The molecule has 3 aromatic rings. The first-order valence-electron chi connectivity index (χ1n) is 8.83. The number of amides is 1. The smallest absolute Gasteiger partial charge is 0.293 e. The molecule has 6 nitrogen and oxygen atoms in total. The number of aromatic nitrogens is 3. The molecule has 1 fully saturated rings. The molecule has 0 bridgehead atoms. The Labute approximate surface area is 152 Å². The van der Waals surface area contributed by atoms with Crippen molar-refractivity contribution in [3.63, 3.8) is 0 Å². The molecule has 132 valence electrons. The minimum Gasteiger partial charge on any atom is -0.331 e. The Morgan fingerprint density at radius 3 is 2.46 bits per heavy atom. The molecule has 0 aliphatic carbocycles. The summed E-state index contributed by atoms with van der Waals surface area (Å²) < 4.78 is 1.75.